The Hall–Kier alpha value is -2.81. The van der Waals surface area contributed by atoms with Gasteiger partial charge in [-0.2, -0.15) is 0 Å². The van der Waals surface area contributed by atoms with Crippen molar-refractivity contribution < 1.29 is 30.0 Å². The van der Waals surface area contributed by atoms with Crippen LogP contribution in [-0.2, 0) is 30.3 Å². The molecule has 1 saturated carbocycles. The second kappa shape index (κ2) is 15.8. The van der Waals surface area contributed by atoms with Crippen LogP contribution in [-0.4, -0.2) is 15.9 Å². The Labute approximate surface area is 317 Å². The number of ketones is 1. The average molecular weight is 853 g/mol. The molecule has 0 unspecified atom stereocenters. The molecular weight excluding hydrogens is 791 g/mol. The minimum absolute atomic E-state index is 0. The van der Waals surface area contributed by atoms with Crippen molar-refractivity contribution in [1.29, 1.82) is 0 Å². The molecule has 0 amide bonds. The quantitative estimate of drug-likeness (QED) is 0.114. The number of allylic oxidation sites excluding steroid dienone is 2. The van der Waals surface area contributed by atoms with Gasteiger partial charge in [0.15, 0.2) is 5.78 Å². The number of nitrogens with zero attached hydrogens (tertiary/aromatic N) is 1. The molecule has 1 aliphatic carbocycles. The van der Waals surface area contributed by atoms with Crippen LogP contribution in [0.2, 0.25) is 0 Å². The minimum atomic E-state index is -0.377. The molecule has 1 heterocycles. The van der Waals surface area contributed by atoms with Gasteiger partial charge in [-0.15, -0.1) is 29.1 Å². The summed E-state index contributed by atoms with van der Waals surface area (Å²) in [6.45, 7) is 27.8. The molecule has 0 spiro atoms. The Morgan fingerprint density at radius 2 is 1.52 bits per heavy atom. The fraction of sp³-hybridized carbons (Fsp3) is 0.522. The molecule has 3 aromatic carbocycles. The molecule has 1 radical (unpaired) electrons. The predicted molar refractivity (Wildman–Crippen MR) is 211 cm³/mol. The molecule has 3 nitrogen and oxygen atoms in total. The summed E-state index contributed by atoms with van der Waals surface area (Å²) in [5.41, 5.74) is 8.62. The van der Waals surface area contributed by atoms with E-state index < -0.39 is 0 Å². The number of hydrogen-bond acceptors (Lipinski definition) is 3. The maximum Gasteiger partial charge on any atom is 0.164 e. The van der Waals surface area contributed by atoms with Crippen LogP contribution in [0.1, 0.15) is 143 Å². The molecule has 1 fully saturated rings. The van der Waals surface area contributed by atoms with Crippen molar-refractivity contribution in [2.75, 3.05) is 0 Å². The third kappa shape index (κ3) is 9.54. The number of aliphatic hydroxyl groups is 1. The zero-order chi connectivity index (χ0) is 36.5. The standard InChI is InChI=1S/C33H38N.C13H24O2.Ir/c1-21-16-22(2)31-27(23-12-14-33(6,7)15-13-23)20-29(34-30(31)17-21)25-18-24-10-8-9-11-26(24)28(19-25)32(3,4)5;1-7-12(3,4)10(14)9-11(15)13(5,6)8-2;/h8-11,16-17,19-20,23H,12-15H2,1-7H3;9,14H,7-8H2,1-6H3;/q-1;;/b;10-9-;. The second-order valence-corrected chi connectivity index (χ2v) is 17.8. The molecule has 5 rings (SSSR count). The Morgan fingerprint density at radius 1 is 0.920 bits per heavy atom. The van der Waals surface area contributed by atoms with Gasteiger partial charge >= 0.3 is 0 Å². The fourth-order valence-electron chi connectivity index (χ4n) is 6.82. The number of hydrogen-bond donors (Lipinski definition) is 1. The molecule has 0 saturated heterocycles. The monoisotopic (exact) mass is 853 g/mol. The van der Waals surface area contributed by atoms with Gasteiger partial charge in [0.2, 0.25) is 0 Å². The number of aromatic nitrogens is 1. The molecule has 4 heteroatoms. The van der Waals surface area contributed by atoms with Crippen LogP contribution in [0.15, 0.2) is 60.4 Å². The van der Waals surface area contributed by atoms with Crippen LogP contribution in [0.4, 0.5) is 0 Å². The number of benzene rings is 3. The number of rotatable bonds is 7. The molecule has 0 bridgehead atoms. The first-order valence-electron chi connectivity index (χ1n) is 18.5. The van der Waals surface area contributed by atoms with E-state index in [1.807, 2.05) is 41.5 Å². The Balaban J connectivity index is 0.000000361. The summed E-state index contributed by atoms with van der Waals surface area (Å²) < 4.78 is 0. The summed E-state index contributed by atoms with van der Waals surface area (Å²) in [5, 5.41) is 13.7. The van der Waals surface area contributed by atoms with Crippen molar-refractivity contribution in [3.63, 3.8) is 0 Å². The summed E-state index contributed by atoms with van der Waals surface area (Å²) >= 11 is 0. The zero-order valence-electron chi connectivity index (χ0n) is 33.2. The molecule has 1 aromatic heterocycles. The van der Waals surface area contributed by atoms with Gasteiger partial charge in [-0.25, -0.2) is 0 Å². The largest absolute Gasteiger partial charge is 0.512 e. The van der Waals surface area contributed by atoms with Crippen molar-refractivity contribution in [3.8, 4) is 11.3 Å². The molecule has 0 aliphatic heterocycles. The van der Waals surface area contributed by atoms with Gasteiger partial charge in [-0.3, -0.25) is 9.78 Å². The van der Waals surface area contributed by atoms with Crippen LogP contribution < -0.4 is 0 Å². The molecular formula is C46H62IrNO2-. The van der Waals surface area contributed by atoms with Gasteiger partial charge in [0.25, 0.3) is 0 Å². The minimum Gasteiger partial charge on any atom is -0.512 e. The van der Waals surface area contributed by atoms with E-state index in [-0.39, 0.29) is 47.9 Å². The van der Waals surface area contributed by atoms with E-state index >= 15 is 0 Å². The summed E-state index contributed by atoms with van der Waals surface area (Å²) in [6, 6.07) is 21.7. The van der Waals surface area contributed by atoms with Gasteiger partial charge in [-0.05, 0) is 91.9 Å². The van der Waals surface area contributed by atoms with Gasteiger partial charge in [0.1, 0.15) is 5.76 Å². The van der Waals surface area contributed by atoms with Crippen molar-refractivity contribution in [2.45, 2.75) is 140 Å². The van der Waals surface area contributed by atoms with Crippen molar-refractivity contribution in [1.82, 2.24) is 4.98 Å². The van der Waals surface area contributed by atoms with Gasteiger partial charge in [0.05, 0.1) is 5.52 Å². The predicted octanol–water partition coefficient (Wildman–Crippen LogP) is 13.3. The van der Waals surface area contributed by atoms with Crippen molar-refractivity contribution in [3.05, 3.63) is 88.7 Å². The topological polar surface area (TPSA) is 50.2 Å². The number of aryl methyl sites for hydroxylation is 2. The fourth-order valence-corrected chi connectivity index (χ4v) is 6.82. The van der Waals surface area contributed by atoms with Crippen LogP contribution in [0.5, 0.6) is 0 Å². The molecule has 273 valence electrons. The second-order valence-electron chi connectivity index (χ2n) is 17.8. The Morgan fingerprint density at radius 3 is 2.10 bits per heavy atom. The normalized spacial score (nSPS) is 15.7. The van der Waals surface area contributed by atoms with Crippen molar-refractivity contribution in [2.24, 2.45) is 16.2 Å². The van der Waals surface area contributed by atoms with Gasteiger partial charge in [0, 0.05) is 48.1 Å². The third-order valence-electron chi connectivity index (χ3n) is 11.3. The molecule has 1 N–H and O–H groups in total. The van der Waals surface area contributed by atoms with E-state index in [2.05, 4.69) is 103 Å². The summed E-state index contributed by atoms with van der Waals surface area (Å²) in [7, 11) is 0. The van der Waals surface area contributed by atoms with Crippen LogP contribution in [0.25, 0.3) is 32.9 Å². The molecule has 50 heavy (non-hydrogen) atoms. The molecule has 1 aliphatic rings. The number of fused-ring (bicyclic) bond motifs is 2. The van der Waals surface area contributed by atoms with Crippen molar-refractivity contribution >= 4 is 27.5 Å². The number of carbonyl (C=O) groups is 1. The van der Waals surface area contributed by atoms with Crippen LogP contribution in [0, 0.1) is 36.2 Å². The zero-order valence-corrected chi connectivity index (χ0v) is 35.5. The number of pyridine rings is 1. The van der Waals surface area contributed by atoms with E-state index in [1.54, 1.807) is 0 Å². The van der Waals surface area contributed by atoms with E-state index in [4.69, 9.17) is 4.98 Å². The Kier molecular flexibility index (Phi) is 13.2. The molecule has 0 atom stereocenters. The van der Waals surface area contributed by atoms with E-state index in [0.29, 0.717) is 11.3 Å². The first kappa shape index (κ1) is 41.6. The SMILES string of the molecule is CCC(C)(C)C(=O)/C=C(\O)C(C)(C)CC.Cc1cc(C)c2c(C3CCC(C)(C)CC3)cc(-c3[c-]c4ccccc4c(C(C)(C)C)c3)nc2c1.[Ir]. The van der Waals surface area contributed by atoms with Gasteiger partial charge < -0.3 is 5.11 Å². The van der Waals surface area contributed by atoms with E-state index in [9.17, 15) is 9.90 Å². The summed E-state index contributed by atoms with van der Waals surface area (Å²) in [5.74, 6) is 0.793. The van der Waals surface area contributed by atoms with E-state index in [0.717, 1.165) is 29.6 Å². The average Bonchev–Trinajstić information content (AvgIpc) is 3.03. The number of aliphatic hydroxyl groups excluding tert-OH is 1. The maximum absolute atomic E-state index is 11.8. The summed E-state index contributed by atoms with van der Waals surface area (Å²) in [4.78, 5) is 17.1. The third-order valence-corrected chi connectivity index (χ3v) is 11.3. The van der Waals surface area contributed by atoms with Crippen LogP contribution >= 0.6 is 0 Å². The van der Waals surface area contributed by atoms with Crippen LogP contribution in [0.3, 0.4) is 0 Å². The Bertz CT molecular complexity index is 1840. The molecule has 4 aromatic rings. The van der Waals surface area contributed by atoms with E-state index in [1.165, 1.54) is 70.2 Å². The first-order valence-corrected chi connectivity index (χ1v) is 18.5. The number of carbonyl (C=O) groups excluding carboxylic acids is 1. The smallest absolute Gasteiger partial charge is 0.164 e. The summed E-state index contributed by atoms with van der Waals surface area (Å²) in [6.07, 6.45) is 8.08. The van der Waals surface area contributed by atoms with Gasteiger partial charge in [-0.1, -0.05) is 117 Å². The maximum atomic E-state index is 11.8. The first-order chi connectivity index (χ1) is 22.7.